The Morgan fingerprint density at radius 3 is 2.65 bits per heavy atom. The van der Waals surface area contributed by atoms with Gasteiger partial charge in [-0.2, -0.15) is 0 Å². The number of carbonyl (C=O) groups excluding carboxylic acids is 1. The molecule has 0 bridgehead atoms. The fourth-order valence-corrected chi connectivity index (χ4v) is 3.33. The van der Waals surface area contributed by atoms with Crippen LogP contribution in [-0.2, 0) is 23.1 Å². The molecule has 1 aromatic rings. The molecule has 2 saturated heterocycles. The molecule has 7 nitrogen and oxygen atoms in total. The van der Waals surface area contributed by atoms with Crippen molar-refractivity contribution in [3.63, 3.8) is 0 Å². The number of rotatable bonds is 4. The van der Waals surface area contributed by atoms with Gasteiger partial charge in [-0.25, -0.2) is 4.98 Å². The number of hydrogen-bond acceptors (Lipinski definition) is 5. The number of amides is 1. The van der Waals surface area contributed by atoms with E-state index in [1.54, 1.807) is 0 Å². The molecule has 1 unspecified atom stereocenters. The summed E-state index contributed by atoms with van der Waals surface area (Å²) in [6.07, 6.45) is 3.63. The lowest BCUT2D eigenvalue weighted by molar-refractivity contribution is -0.142. The van der Waals surface area contributed by atoms with Crippen molar-refractivity contribution in [1.29, 1.82) is 0 Å². The van der Waals surface area contributed by atoms with Crippen molar-refractivity contribution in [3.8, 4) is 0 Å². The predicted octanol–water partition coefficient (Wildman–Crippen LogP) is 0.309. The number of piperazine rings is 1. The maximum atomic E-state index is 12.4. The van der Waals surface area contributed by atoms with Gasteiger partial charge < -0.3 is 19.1 Å². The Balaban J connectivity index is 1.52. The Hall–Kier alpha value is -1.60. The fraction of sp³-hybridized carbons (Fsp3) is 0.750. The molecular formula is C16H27N5O2. The van der Waals surface area contributed by atoms with Crippen molar-refractivity contribution in [3.05, 3.63) is 11.9 Å². The van der Waals surface area contributed by atoms with E-state index in [4.69, 9.17) is 4.74 Å². The van der Waals surface area contributed by atoms with Gasteiger partial charge in [0.25, 0.3) is 5.91 Å². The van der Waals surface area contributed by atoms with E-state index < -0.39 is 0 Å². The van der Waals surface area contributed by atoms with Crippen molar-refractivity contribution in [2.45, 2.75) is 25.5 Å². The van der Waals surface area contributed by atoms with Crippen molar-refractivity contribution in [2.24, 2.45) is 7.05 Å². The zero-order chi connectivity index (χ0) is 16.4. The summed E-state index contributed by atoms with van der Waals surface area (Å²) in [5.41, 5.74) is 1.20. The van der Waals surface area contributed by atoms with E-state index in [0.717, 1.165) is 58.1 Å². The van der Waals surface area contributed by atoms with Crippen LogP contribution in [0.2, 0.25) is 0 Å². The molecule has 1 aromatic heterocycles. The number of aromatic nitrogens is 2. The molecule has 2 aliphatic heterocycles. The van der Waals surface area contributed by atoms with E-state index in [1.165, 1.54) is 5.69 Å². The Morgan fingerprint density at radius 2 is 2.09 bits per heavy atom. The molecule has 0 aromatic carbocycles. The van der Waals surface area contributed by atoms with Crippen LogP contribution in [0.4, 0.5) is 5.95 Å². The molecule has 0 spiro atoms. The van der Waals surface area contributed by atoms with Crippen LogP contribution in [0.1, 0.15) is 18.5 Å². The van der Waals surface area contributed by atoms with Gasteiger partial charge in [-0.1, -0.05) is 0 Å². The molecule has 0 aliphatic carbocycles. The van der Waals surface area contributed by atoms with Gasteiger partial charge in [0, 0.05) is 60.5 Å². The van der Waals surface area contributed by atoms with Crippen LogP contribution in [0.5, 0.6) is 0 Å². The largest absolute Gasteiger partial charge is 0.368 e. The summed E-state index contributed by atoms with van der Waals surface area (Å²) in [4.78, 5) is 23.2. The van der Waals surface area contributed by atoms with Crippen molar-refractivity contribution >= 4 is 11.9 Å². The summed E-state index contributed by atoms with van der Waals surface area (Å²) in [5, 5.41) is 0. The molecule has 23 heavy (non-hydrogen) atoms. The standard InChI is InChI=1S/C16H27N5O2/c1-18(2)16-17-11-13(19(16)3)12-20-6-8-21(9-7-20)15(22)14-5-4-10-23-14/h11,14H,4-10,12H2,1-3H3. The third-order valence-corrected chi connectivity index (χ3v) is 4.73. The minimum absolute atomic E-state index is 0.178. The van der Waals surface area contributed by atoms with Crippen LogP contribution < -0.4 is 4.90 Å². The monoisotopic (exact) mass is 321 g/mol. The molecule has 3 heterocycles. The first-order valence-electron chi connectivity index (χ1n) is 8.37. The summed E-state index contributed by atoms with van der Waals surface area (Å²) < 4.78 is 7.64. The minimum Gasteiger partial charge on any atom is -0.368 e. The van der Waals surface area contributed by atoms with Crippen LogP contribution in [-0.4, -0.2) is 78.2 Å². The third-order valence-electron chi connectivity index (χ3n) is 4.73. The second-order valence-corrected chi connectivity index (χ2v) is 6.61. The number of ether oxygens (including phenoxy) is 1. The number of carbonyl (C=O) groups is 1. The van der Waals surface area contributed by atoms with Gasteiger partial charge in [0.2, 0.25) is 5.95 Å². The molecule has 0 saturated carbocycles. The van der Waals surface area contributed by atoms with Gasteiger partial charge in [0.15, 0.2) is 0 Å². The Labute approximate surface area is 137 Å². The lowest BCUT2D eigenvalue weighted by Crippen LogP contribution is -2.51. The van der Waals surface area contributed by atoms with Crippen molar-refractivity contribution < 1.29 is 9.53 Å². The molecule has 2 fully saturated rings. The van der Waals surface area contributed by atoms with Gasteiger partial charge in [0.05, 0.1) is 11.9 Å². The van der Waals surface area contributed by atoms with Crippen LogP contribution in [0.15, 0.2) is 6.20 Å². The number of imidazole rings is 1. The summed E-state index contributed by atoms with van der Waals surface area (Å²) >= 11 is 0. The van der Waals surface area contributed by atoms with Crippen molar-refractivity contribution in [1.82, 2.24) is 19.4 Å². The molecule has 0 radical (unpaired) electrons. The fourth-order valence-electron chi connectivity index (χ4n) is 3.33. The summed E-state index contributed by atoms with van der Waals surface area (Å²) in [7, 11) is 6.05. The van der Waals surface area contributed by atoms with Crippen LogP contribution >= 0.6 is 0 Å². The highest BCUT2D eigenvalue weighted by molar-refractivity contribution is 5.81. The lowest BCUT2D eigenvalue weighted by atomic mass is 10.2. The summed E-state index contributed by atoms with van der Waals surface area (Å²) in [6.45, 7) is 4.99. The molecule has 1 atom stereocenters. The average molecular weight is 321 g/mol. The summed E-state index contributed by atoms with van der Waals surface area (Å²) in [5.74, 6) is 1.14. The van der Waals surface area contributed by atoms with E-state index in [2.05, 4.69) is 21.5 Å². The number of anilines is 1. The molecule has 0 N–H and O–H groups in total. The van der Waals surface area contributed by atoms with Crippen molar-refractivity contribution in [2.75, 3.05) is 51.8 Å². The van der Waals surface area contributed by atoms with Gasteiger partial charge >= 0.3 is 0 Å². The van der Waals surface area contributed by atoms with E-state index in [-0.39, 0.29) is 12.0 Å². The zero-order valence-electron chi connectivity index (χ0n) is 14.4. The highest BCUT2D eigenvalue weighted by atomic mass is 16.5. The Kier molecular flexibility index (Phi) is 4.87. The quantitative estimate of drug-likeness (QED) is 0.799. The van der Waals surface area contributed by atoms with E-state index in [9.17, 15) is 4.79 Å². The molecular weight excluding hydrogens is 294 g/mol. The Morgan fingerprint density at radius 1 is 1.35 bits per heavy atom. The first-order valence-corrected chi connectivity index (χ1v) is 8.37. The van der Waals surface area contributed by atoms with Gasteiger partial charge in [-0.05, 0) is 12.8 Å². The highest BCUT2D eigenvalue weighted by Crippen LogP contribution is 2.17. The van der Waals surface area contributed by atoms with Gasteiger partial charge in [0.1, 0.15) is 6.10 Å². The number of hydrogen-bond donors (Lipinski definition) is 0. The van der Waals surface area contributed by atoms with Gasteiger partial charge in [-0.15, -0.1) is 0 Å². The molecule has 2 aliphatic rings. The zero-order valence-corrected chi connectivity index (χ0v) is 14.4. The topological polar surface area (TPSA) is 53.8 Å². The second-order valence-electron chi connectivity index (χ2n) is 6.61. The molecule has 3 rings (SSSR count). The van der Waals surface area contributed by atoms with E-state index in [1.807, 2.05) is 30.1 Å². The summed E-state index contributed by atoms with van der Waals surface area (Å²) in [6, 6.07) is 0. The second kappa shape index (κ2) is 6.88. The predicted molar refractivity (Wildman–Crippen MR) is 88.4 cm³/mol. The van der Waals surface area contributed by atoms with Crippen LogP contribution in [0, 0.1) is 0 Å². The average Bonchev–Trinajstić information content (AvgIpc) is 3.18. The van der Waals surface area contributed by atoms with Crippen LogP contribution in [0.3, 0.4) is 0 Å². The lowest BCUT2D eigenvalue weighted by Gasteiger charge is -2.35. The maximum absolute atomic E-state index is 12.4. The molecule has 128 valence electrons. The Bertz CT molecular complexity index is 543. The normalized spacial score (nSPS) is 22.6. The highest BCUT2D eigenvalue weighted by Gasteiger charge is 2.30. The van der Waals surface area contributed by atoms with E-state index >= 15 is 0 Å². The smallest absolute Gasteiger partial charge is 0.251 e. The van der Waals surface area contributed by atoms with Gasteiger partial charge in [-0.3, -0.25) is 9.69 Å². The molecule has 7 heteroatoms. The first-order chi connectivity index (χ1) is 11.1. The van der Waals surface area contributed by atoms with E-state index in [0.29, 0.717) is 0 Å². The minimum atomic E-state index is -0.193. The first kappa shape index (κ1) is 16.3. The number of nitrogens with zero attached hydrogens (tertiary/aromatic N) is 5. The molecule has 1 amide bonds. The third kappa shape index (κ3) is 3.50. The maximum Gasteiger partial charge on any atom is 0.251 e. The SMILES string of the molecule is CN(C)c1ncc(CN2CCN(C(=O)C3CCCO3)CC2)n1C. The van der Waals surface area contributed by atoms with Crippen LogP contribution in [0.25, 0.3) is 0 Å².